The highest BCUT2D eigenvalue weighted by molar-refractivity contribution is 6.32. The first-order chi connectivity index (χ1) is 12.1. The Morgan fingerprint density at radius 2 is 1.80 bits per heavy atom. The topological polar surface area (TPSA) is 68.8 Å². The van der Waals surface area contributed by atoms with Crippen LogP contribution in [-0.4, -0.2) is 33.9 Å². The van der Waals surface area contributed by atoms with Gasteiger partial charge in [-0.1, -0.05) is 23.7 Å². The number of benzene rings is 2. The van der Waals surface area contributed by atoms with Crippen LogP contribution in [0.25, 0.3) is 0 Å². The minimum Gasteiger partial charge on any atom is -0.493 e. The Balaban J connectivity index is 1.90. The predicted molar refractivity (Wildman–Crippen MR) is 98.3 cm³/mol. The van der Waals surface area contributed by atoms with E-state index in [-0.39, 0.29) is 6.03 Å². The zero-order valence-electron chi connectivity index (χ0n) is 14.4. The molecule has 6 nitrogen and oxygen atoms in total. The number of para-hydroxylation sites is 1. The van der Waals surface area contributed by atoms with Crippen molar-refractivity contribution in [1.82, 2.24) is 5.32 Å². The summed E-state index contributed by atoms with van der Waals surface area (Å²) in [5.41, 5.74) is 1.54. The number of hydrogen-bond acceptors (Lipinski definition) is 4. The number of nitrogens with one attached hydrogen (secondary N) is 2. The van der Waals surface area contributed by atoms with E-state index in [1.54, 1.807) is 32.4 Å². The highest BCUT2D eigenvalue weighted by atomic mass is 35.5. The molecule has 0 saturated carbocycles. The summed E-state index contributed by atoms with van der Waals surface area (Å²) in [5.74, 6) is 1.76. The van der Waals surface area contributed by atoms with Crippen LogP contribution < -0.4 is 24.8 Å². The van der Waals surface area contributed by atoms with Crippen LogP contribution in [0.15, 0.2) is 36.4 Å². The smallest absolute Gasteiger partial charge is 0.319 e. The van der Waals surface area contributed by atoms with Crippen molar-refractivity contribution in [2.45, 2.75) is 6.42 Å². The van der Waals surface area contributed by atoms with Gasteiger partial charge in [-0.15, -0.1) is 0 Å². The molecule has 2 aromatic carbocycles. The Labute approximate surface area is 152 Å². The highest BCUT2D eigenvalue weighted by Crippen LogP contribution is 2.32. The van der Waals surface area contributed by atoms with Crippen LogP contribution in [0.3, 0.4) is 0 Å². The molecular weight excluding hydrogens is 344 g/mol. The fourth-order valence-corrected chi connectivity index (χ4v) is 2.59. The van der Waals surface area contributed by atoms with Crippen molar-refractivity contribution >= 4 is 23.3 Å². The van der Waals surface area contributed by atoms with Gasteiger partial charge in [-0.25, -0.2) is 4.79 Å². The van der Waals surface area contributed by atoms with Crippen LogP contribution in [0, 0.1) is 0 Å². The number of urea groups is 1. The van der Waals surface area contributed by atoms with E-state index in [0.717, 1.165) is 5.56 Å². The lowest BCUT2D eigenvalue weighted by Crippen LogP contribution is -2.30. The van der Waals surface area contributed by atoms with E-state index in [0.29, 0.717) is 40.9 Å². The summed E-state index contributed by atoms with van der Waals surface area (Å²) in [5, 5.41) is 5.96. The number of rotatable bonds is 7. The van der Waals surface area contributed by atoms with E-state index >= 15 is 0 Å². The Bertz CT molecular complexity index is 737. The van der Waals surface area contributed by atoms with Gasteiger partial charge in [0.25, 0.3) is 0 Å². The van der Waals surface area contributed by atoms with E-state index in [1.165, 1.54) is 7.11 Å². The molecule has 0 unspecified atom stereocenters. The monoisotopic (exact) mass is 364 g/mol. The molecule has 0 aliphatic heterocycles. The first-order valence-corrected chi connectivity index (χ1v) is 8.05. The van der Waals surface area contributed by atoms with Crippen molar-refractivity contribution in [2.24, 2.45) is 0 Å². The Morgan fingerprint density at radius 1 is 1.04 bits per heavy atom. The molecule has 0 aliphatic rings. The van der Waals surface area contributed by atoms with E-state index in [1.807, 2.05) is 18.2 Å². The number of amides is 2. The molecule has 7 heteroatoms. The van der Waals surface area contributed by atoms with Crippen LogP contribution in [0.2, 0.25) is 5.02 Å². The number of carbonyl (C=O) groups excluding carboxylic acids is 1. The lowest BCUT2D eigenvalue weighted by atomic mass is 10.1. The van der Waals surface area contributed by atoms with E-state index in [9.17, 15) is 4.79 Å². The van der Waals surface area contributed by atoms with Crippen molar-refractivity contribution in [3.8, 4) is 17.2 Å². The van der Waals surface area contributed by atoms with Crippen molar-refractivity contribution in [3.63, 3.8) is 0 Å². The molecule has 2 aromatic rings. The van der Waals surface area contributed by atoms with Crippen molar-refractivity contribution < 1.29 is 19.0 Å². The summed E-state index contributed by atoms with van der Waals surface area (Å²) in [6.45, 7) is 0.462. The first-order valence-electron chi connectivity index (χ1n) is 7.67. The second kappa shape index (κ2) is 9.03. The van der Waals surface area contributed by atoms with Crippen LogP contribution in [-0.2, 0) is 6.42 Å². The number of ether oxygens (including phenoxy) is 3. The Kier molecular flexibility index (Phi) is 6.77. The molecule has 0 spiro atoms. The van der Waals surface area contributed by atoms with Gasteiger partial charge in [0.1, 0.15) is 0 Å². The molecule has 2 amide bonds. The zero-order chi connectivity index (χ0) is 18.2. The summed E-state index contributed by atoms with van der Waals surface area (Å²) < 4.78 is 15.7. The highest BCUT2D eigenvalue weighted by Gasteiger charge is 2.10. The average Bonchev–Trinajstić information content (AvgIpc) is 2.61. The summed E-state index contributed by atoms with van der Waals surface area (Å²) >= 11 is 6.03. The van der Waals surface area contributed by atoms with Gasteiger partial charge in [0, 0.05) is 6.54 Å². The van der Waals surface area contributed by atoms with Gasteiger partial charge in [0.05, 0.1) is 32.0 Å². The SMILES string of the molecule is COc1ccc(CCNC(=O)Nc2cccc(Cl)c2OC)cc1OC. The molecule has 134 valence electrons. The molecule has 0 aromatic heterocycles. The Hall–Kier alpha value is -2.60. The lowest BCUT2D eigenvalue weighted by molar-refractivity contribution is 0.252. The summed E-state index contributed by atoms with van der Waals surface area (Å²) in [6, 6.07) is 10.5. The molecule has 25 heavy (non-hydrogen) atoms. The third kappa shape index (κ3) is 4.93. The van der Waals surface area contributed by atoms with Crippen molar-refractivity contribution in [3.05, 3.63) is 47.0 Å². The van der Waals surface area contributed by atoms with Gasteiger partial charge >= 0.3 is 6.03 Å². The molecule has 0 atom stereocenters. The fourth-order valence-electron chi connectivity index (χ4n) is 2.34. The summed E-state index contributed by atoms with van der Waals surface area (Å²) in [7, 11) is 4.68. The molecule has 0 bridgehead atoms. The fraction of sp³-hybridized carbons (Fsp3) is 0.278. The Morgan fingerprint density at radius 3 is 2.48 bits per heavy atom. The van der Waals surface area contributed by atoms with Gasteiger partial charge in [0.15, 0.2) is 17.2 Å². The van der Waals surface area contributed by atoms with E-state index in [4.69, 9.17) is 25.8 Å². The zero-order valence-corrected chi connectivity index (χ0v) is 15.1. The maximum Gasteiger partial charge on any atom is 0.319 e. The number of hydrogen-bond donors (Lipinski definition) is 2. The molecule has 0 radical (unpaired) electrons. The summed E-state index contributed by atoms with van der Waals surface area (Å²) in [4.78, 5) is 12.0. The van der Waals surface area contributed by atoms with E-state index < -0.39 is 0 Å². The van der Waals surface area contributed by atoms with Gasteiger partial charge in [-0.05, 0) is 36.2 Å². The molecule has 0 aliphatic carbocycles. The molecule has 2 rings (SSSR count). The first kappa shape index (κ1) is 18.7. The molecule has 0 heterocycles. The predicted octanol–water partition coefficient (Wildman–Crippen LogP) is 3.73. The second-order valence-corrected chi connectivity index (χ2v) is 5.55. The normalized spacial score (nSPS) is 10.1. The minimum absolute atomic E-state index is 0.332. The van der Waals surface area contributed by atoms with Crippen molar-refractivity contribution in [2.75, 3.05) is 33.2 Å². The van der Waals surface area contributed by atoms with Crippen molar-refractivity contribution in [1.29, 1.82) is 0 Å². The van der Waals surface area contributed by atoms with Crippen LogP contribution >= 0.6 is 11.6 Å². The largest absolute Gasteiger partial charge is 0.493 e. The second-order valence-electron chi connectivity index (χ2n) is 5.14. The molecular formula is C18H21ClN2O4. The van der Waals surface area contributed by atoms with Gasteiger partial charge in [-0.3, -0.25) is 0 Å². The van der Waals surface area contributed by atoms with Gasteiger partial charge < -0.3 is 24.8 Å². The average molecular weight is 365 g/mol. The molecule has 0 fully saturated rings. The molecule has 0 saturated heterocycles. The number of halogens is 1. The number of methoxy groups -OCH3 is 3. The van der Waals surface area contributed by atoms with Crippen LogP contribution in [0.4, 0.5) is 10.5 Å². The quantitative estimate of drug-likeness (QED) is 0.785. The minimum atomic E-state index is -0.332. The maximum absolute atomic E-state index is 12.0. The van der Waals surface area contributed by atoms with Gasteiger partial charge in [-0.2, -0.15) is 0 Å². The third-order valence-corrected chi connectivity index (χ3v) is 3.86. The number of anilines is 1. The van der Waals surface area contributed by atoms with Crippen LogP contribution in [0.1, 0.15) is 5.56 Å². The maximum atomic E-state index is 12.0. The lowest BCUT2D eigenvalue weighted by Gasteiger charge is -2.13. The molecule has 2 N–H and O–H groups in total. The van der Waals surface area contributed by atoms with Gasteiger partial charge in [0.2, 0.25) is 0 Å². The third-order valence-electron chi connectivity index (χ3n) is 3.57. The summed E-state index contributed by atoms with van der Waals surface area (Å²) in [6.07, 6.45) is 0.653. The number of carbonyl (C=O) groups is 1. The standard InChI is InChI=1S/C18H21ClN2O4/c1-23-15-8-7-12(11-16(15)24-2)9-10-20-18(22)21-14-6-4-5-13(19)17(14)25-3/h4-8,11H,9-10H2,1-3H3,(H2,20,21,22). The van der Waals surface area contributed by atoms with Crippen LogP contribution in [0.5, 0.6) is 17.2 Å². The van der Waals surface area contributed by atoms with E-state index in [2.05, 4.69) is 10.6 Å².